The Morgan fingerprint density at radius 3 is 2.76 bits per heavy atom. The molecule has 1 N–H and O–H groups in total. The number of rotatable bonds is 3. The van der Waals surface area contributed by atoms with Crippen LogP contribution in [0.25, 0.3) is 6.08 Å². The van der Waals surface area contributed by atoms with Crippen LogP contribution < -0.4 is 0 Å². The number of alkyl halides is 1. The molecule has 1 aliphatic heterocycles. The van der Waals surface area contributed by atoms with Gasteiger partial charge in [-0.2, -0.15) is 0 Å². The van der Waals surface area contributed by atoms with Crippen LogP contribution in [0.15, 0.2) is 36.4 Å². The van der Waals surface area contributed by atoms with E-state index in [4.69, 9.17) is 4.74 Å². The first-order valence-electron chi connectivity index (χ1n) is 5.90. The second kappa shape index (κ2) is 6.52. The van der Waals surface area contributed by atoms with Crippen molar-refractivity contribution in [1.29, 1.82) is 0 Å². The van der Waals surface area contributed by atoms with Gasteiger partial charge in [-0.15, -0.1) is 0 Å². The normalized spacial score (nSPS) is 29.6. The maximum absolute atomic E-state index is 9.76. The summed E-state index contributed by atoms with van der Waals surface area (Å²) in [7, 11) is 0. The summed E-state index contributed by atoms with van der Waals surface area (Å²) in [5.41, 5.74) is 1.17. The lowest BCUT2D eigenvalue weighted by atomic mass is 10.0. The van der Waals surface area contributed by atoms with Crippen LogP contribution >= 0.6 is 22.6 Å². The first-order chi connectivity index (χ1) is 8.28. The Hall–Kier alpha value is -0.390. The summed E-state index contributed by atoms with van der Waals surface area (Å²) in [5.74, 6) is 0. The Labute approximate surface area is 116 Å². The van der Waals surface area contributed by atoms with Gasteiger partial charge in [0.1, 0.15) is 0 Å². The van der Waals surface area contributed by atoms with Crippen LogP contribution in [-0.4, -0.2) is 27.8 Å². The number of ether oxygens (including phenoxy) is 1. The summed E-state index contributed by atoms with van der Waals surface area (Å²) in [5, 5.41) is 9.76. The van der Waals surface area contributed by atoms with Crippen LogP contribution in [0, 0.1) is 0 Å². The molecule has 2 rings (SSSR count). The van der Waals surface area contributed by atoms with Gasteiger partial charge < -0.3 is 9.84 Å². The number of aliphatic hydroxyl groups excluding tert-OH is 1. The summed E-state index contributed by atoms with van der Waals surface area (Å²) in [4.78, 5) is 0. The minimum Gasteiger partial charge on any atom is -0.393 e. The number of hydrogen-bond donors (Lipinski definition) is 1. The lowest BCUT2D eigenvalue weighted by Gasteiger charge is -2.30. The van der Waals surface area contributed by atoms with Crippen LogP contribution in [0.1, 0.15) is 18.4 Å². The number of benzene rings is 1. The minimum absolute atomic E-state index is 0.0405. The average Bonchev–Trinajstić information content (AvgIpc) is 2.37. The molecule has 0 aliphatic carbocycles. The molecule has 0 saturated carbocycles. The third-order valence-electron chi connectivity index (χ3n) is 2.88. The van der Waals surface area contributed by atoms with E-state index in [-0.39, 0.29) is 18.3 Å². The number of hydrogen-bond acceptors (Lipinski definition) is 2. The van der Waals surface area contributed by atoms with Crippen LogP contribution in [0.5, 0.6) is 0 Å². The molecule has 0 bridgehead atoms. The van der Waals surface area contributed by atoms with Crippen molar-refractivity contribution in [3.8, 4) is 0 Å². The molecule has 1 aromatic rings. The average molecular weight is 344 g/mol. The lowest BCUT2D eigenvalue weighted by Crippen LogP contribution is -2.35. The van der Waals surface area contributed by atoms with Gasteiger partial charge >= 0.3 is 0 Å². The first kappa shape index (κ1) is 13.1. The number of halogens is 1. The summed E-state index contributed by atoms with van der Waals surface area (Å²) in [6.45, 7) is 0. The van der Waals surface area contributed by atoms with Crippen molar-refractivity contribution < 1.29 is 9.84 Å². The zero-order valence-corrected chi connectivity index (χ0v) is 11.8. The van der Waals surface area contributed by atoms with Crippen LogP contribution in [-0.2, 0) is 4.74 Å². The third-order valence-corrected chi connectivity index (χ3v) is 3.86. The molecule has 2 nitrogen and oxygen atoms in total. The highest BCUT2D eigenvalue weighted by atomic mass is 127. The van der Waals surface area contributed by atoms with Crippen LogP contribution in [0.3, 0.4) is 0 Å². The quantitative estimate of drug-likeness (QED) is 0.675. The van der Waals surface area contributed by atoms with E-state index in [1.807, 2.05) is 18.2 Å². The van der Waals surface area contributed by atoms with Crippen LogP contribution in [0.4, 0.5) is 0 Å². The second-order valence-electron chi connectivity index (χ2n) is 4.35. The highest BCUT2D eigenvalue weighted by Gasteiger charge is 2.25. The van der Waals surface area contributed by atoms with Gasteiger partial charge in [0.2, 0.25) is 0 Å². The molecule has 3 atom stereocenters. The molecule has 1 saturated heterocycles. The summed E-state index contributed by atoms with van der Waals surface area (Å²) < 4.78 is 6.81. The molecule has 17 heavy (non-hydrogen) atoms. The summed E-state index contributed by atoms with van der Waals surface area (Å²) in [6.07, 6.45) is 5.58. The van der Waals surface area contributed by atoms with Crippen molar-refractivity contribution in [3.63, 3.8) is 0 Å². The van der Waals surface area contributed by atoms with E-state index < -0.39 is 0 Å². The molecule has 92 valence electrons. The fourth-order valence-electron chi connectivity index (χ4n) is 2.03. The molecule has 0 radical (unpaired) electrons. The van der Waals surface area contributed by atoms with Crippen molar-refractivity contribution in [1.82, 2.24) is 0 Å². The van der Waals surface area contributed by atoms with Gasteiger partial charge in [-0.25, -0.2) is 0 Å². The van der Waals surface area contributed by atoms with Gasteiger partial charge in [-0.05, 0) is 5.56 Å². The maximum Gasteiger partial charge on any atom is 0.0787 e. The molecule has 1 heterocycles. The van der Waals surface area contributed by atoms with E-state index in [1.54, 1.807) is 0 Å². The first-order valence-corrected chi connectivity index (χ1v) is 7.43. The fourth-order valence-corrected chi connectivity index (χ4v) is 2.60. The van der Waals surface area contributed by atoms with E-state index in [1.165, 1.54) is 5.56 Å². The van der Waals surface area contributed by atoms with Crippen molar-refractivity contribution in [2.45, 2.75) is 31.2 Å². The molecular formula is C14H17IO2. The highest BCUT2D eigenvalue weighted by Crippen LogP contribution is 2.22. The Morgan fingerprint density at radius 1 is 1.29 bits per heavy atom. The monoisotopic (exact) mass is 344 g/mol. The van der Waals surface area contributed by atoms with Crippen molar-refractivity contribution >= 4 is 28.7 Å². The summed E-state index contributed by atoms with van der Waals surface area (Å²) in [6, 6.07) is 10.2. The molecular weight excluding hydrogens is 327 g/mol. The molecule has 1 aliphatic rings. The van der Waals surface area contributed by atoms with Gasteiger partial charge in [0, 0.05) is 17.3 Å². The molecule has 3 heteroatoms. The van der Waals surface area contributed by atoms with Crippen molar-refractivity contribution in [2.24, 2.45) is 0 Å². The van der Waals surface area contributed by atoms with Gasteiger partial charge in [0.15, 0.2) is 0 Å². The van der Waals surface area contributed by atoms with E-state index in [0.717, 1.165) is 10.8 Å². The zero-order valence-electron chi connectivity index (χ0n) is 9.63. The SMILES string of the molecule is O[C@H]1C[C@@H](CI)O[C@@H](/C=C/c2ccccc2)C1. The Bertz CT molecular complexity index is 364. The standard InChI is InChI=1S/C14H17IO2/c15-10-14-9-12(16)8-13(17-14)7-6-11-4-2-1-3-5-11/h1-7,12-14,16H,8-10H2/b7-6+/t12-,13+,14+/m1/s1. The fraction of sp³-hybridized carbons (Fsp3) is 0.429. The van der Waals surface area contributed by atoms with Gasteiger partial charge in [-0.3, -0.25) is 0 Å². The van der Waals surface area contributed by atoms with Crippen LogP contribution in [0.2, 0.25) is 0 Å². The van der Waals surface area contributed by atoms with E-state index in [0.29, 0.717) is 6.42 Å². The summed E-state index contributed by atoms with van der Waals surface area (Å²) >= 11 is 2.31. The highest BCUT2D eigenvalue weighted by molar-refractivity contribution is 14.1. The topological polar surface area (TPSA) is 29.5 Å². The molecule has 1 aromatic carbocycles. The minimum atomic E-state index is -0.228. The molecule has 0 spiro atoms. The molecule has 0 unspecified atom stereocenters. The van der Waals surface area contributed by atoms with E-state index in [2.05, 4.69) is 46.9 Å². The van der Waals surface area contributed by atoms with Gasteiger partial charge in [-0.1, -0.05) is 65.1 Å². The smallest absolute Gasteiger partial charge is 0.0787 e. The predicted molar refractivity (Wildman–Crippen MR) is 78.3 cm³/mol. The van der Waals surface area contributed by atoms with Gasteiger partial charge in [0.25, 0.3) is 0 Å². The van der Waals surface area contributed by atoms with E-state index in [9.17, 15) is 5.11 Å². The Morgan fingerprint density at radius 2 is 2.06 bits per heavy atom. The lowest BCUT2D eigenvalue weighted by molar-refractivity contribution is -0.0636. The molecule has 0 amide bonds. The molecule has 1 fully saturated rings. The van der Waals surface area contributed by atoms with E-state index >= 15 is 0 Å². The zero-order chi connectivity index (χ0) is 12.1. The Balaban J connectivity index is 1.96. The second-order valence-corrected chi connectivity index (χ2v) is 5.23. The van der Waals surface area contributed by atoms with Gasteiger partial charge in [0.05, 0.1) is 18.3 Å². The van der Waals surface area contributed by atoms with Crippen molar-refractivity contribution in [3.05, 3.63) is 42.0 Å². The molecule has 0 aromatic heterocycles. The Kier molecular flexibility index (Phi) is 5.00. The van der Waals surface area contributed by atoms with Crippen molar-refractivity contribution in [2.75, 3.05) is 4.43 Å². The number of aliphatic hydroxyl groups is 1. The third kappa shape index (κ3) is 4.08. The largest absolute Gasteiger partial charge is 0.393 e. The maximum atomic E-state index is 9.76. The predicted octanol–water partition coefficient (Wildman–Crippen LogP) is 3.04.